The zero-order valence-corrected chi connectivity index (χ0v) is 13.4. The molecule has 0 radical (unpaired) electrons. The lowest BCUT2D eigenvalue weighted by Gasteiger charge is -2.34. The number of methoxy groups -OCH3 is 1. The number of piperidine rings is 1. The van der Waals surface area contributed by atoms with Crippen molar-refractivity contribution in [2.75, 3.05) is 33.8 Å². The molecule has 2 rings (SSSR count). The van der Waals surface area contributed by atoms with Gasteiger partial charge in [0.15, 0.2) is 5.96 Å². The fourth-order valence-corrected chi connectivity index (χ4v) is 2.90. The molecule has 2 atom stereocenters. The number of benzene rings is 1. The van der Waals surface area contributed by atoms with Gasteiger partial charge in [0.25, 0.3) is 0 Å². The molecule has 2 unspecified atom stereocenters. The molecule has 1 aromatic rings. The standard InChI is InChI=1S/C17H27N3O/c1-14-8-7-11-20(13-14)17(18-2)19-12-16(21-3)15-9-5-4-6-10-15/h4-6,9-10,14,16H,7-8,11-13H2,1-3H3,(H,18,19). The minimum absolute atomic E-state index is 0.0464. The topological polar surface area (TPSA) is 36.9 Å². The number of likely N-dealkylation sites (tertiary alicyclic amines) is 1. The zero-order chi connectivity index (χ0) is 15.1. The van der Waals surface area contributed by atoms with E-state index in [2.05, 4.69) is 34.3 Å². The summed E-state index contributed by atoms with van der Waals surface area (Å²) in [4.78, 5) is 6.78. The first kappa shape index (κ1) is 15.8. The fourth-order valence-electron chi connectivity index (χ4n) is 2.90. The molecule has 1 N–H and O–H groups in total. The van der Waals surface area contributed by atoms with Gasteiger partial charge in [-0.05, 0) is 24.3 Å². The van der Waals surface area contributed by atoms with E-state index in [9.17, 15) is 0 Å². The van der Waals surface area contributed by atoms with E-state index in [0.717, 1.165) is 31.5 Å². The monoisotopic (exact) mass is 289 g/mol. The van der Waals surface area contributed by atoms with E-state index in [1.54, 1.807) is 7.11 Å². The number of hydrogen-bond acceptors (Lipinski definition) is 2. The second-order valence-electron chi connectivity index (χ2n) is 5.76. The van der Waals surface area contributed by atoms with E-state index in [1.807, 2.05) is 25.2 Å². The van der Waals surface area contributed by atoms with Crippen LogP contribution in [0.1, 0.15) is 31.4 Å². The maximum atomic E-state index is 5.60. The smallest absolute Gasteiger partial charge is 0.193 e. The molecule has 1 aliphatic rings. The fraction of sp³-hybridized carbons (Fsp3) is 0.588. The Morgan fingerprint density at radius 2 is 2.19 bits per heavy atom. The maximum absolute atomic E-state index is 5.60. The number of nitrogens with zero attached hydrogens (tertiary/aromatic N) is 2. The van der Waals surface area contributed by atoms with Gasteiger partial charge in [-0.15, -0.1) is 0 Å². The van der Waals surface area contributed by atoms with Crippen LogP contribution < -0.4 is 5.32 Å². The van der Waals surface area contributed by atoms with Crippen molar-refractivity contribution in [1.29, 1.82) is 0 Å². The Bertz CT molecular complexity index is 447. The molecule has 116 valence electrons. The van der Waals surface area contributed by atoms with Gasteiger partial charge in [-0.3, -0.25) is 4.99 Å². The second-order valence-corrected chi connectivity index (χ2v) is 5.76. The summed E-state index contributed by atoms with van der Waals surface area (Å²) in [5, 5.41) is 3.46. The predicted octanol–water partition coefficient (Wildman–Crippen LogP) is 2.68. The Morgan fingerprint density at radius 1 is 1.43 bits per heavy atom. The quantitative estimate of drug-likeness (QED) is 0.684. The third-order valence-corrected chi connectivity index (χ3v) is 4.07. The highest BCUT2D eigenvalue weighted by Crippen LogP contribution is 2.17. The zero-order valence-electron chi connectivity index (χ0n) is 13.4. The number of nitrogens with one attached hydrogen (secondary N) is 1. The summed E-state index contributed by atoms with van der Waals surface area (Å²) >= 11 is 0. The SMILES string of the molecule is CN=C(NCC(OC)c1ccccc1)N1CCCC(C)C1. The third-order valence-electron chi connectivity index (χ3n) is 4.07. The van der Waals surface area contributed by atoms with Gasteiger partial charge < -0.3 is 15.0 Å². The molecule has 0 amide bonds. The van der Waals surface area contributed by atoms with Crippen LogP contribution in [0, 0.1) is 5.92 Å². The molecular formula is C17H27N3O. The van der Waals surface area contributed by atoms with E-state index < -0.39 is 0 Å². The van der Waals surface area contributed by atoms with Crippen molar-refractivity contribution < 1.29 is 4.74 Å². The van der Waals surface area contributed by atoms with Gasteiger partial charge in [-0.2, -0.15) is 0 Å². The summed E-state index contributed by atoms with van der Waals surface area (Å²) in [5.41, 5.74) is 1.19. The summed E-state index contributed by atoms with van der Waals surface area (Å²) in [6, 6.07) is 10.3. The normalized spacial score (nSPS) is 21.2. The van der Waals surface area contributed by atoms with Gasteiger partial charge in [-0.25, -0.2) is 0 Å². The Balaban J connectivity index is 1.93. The van der Waals surface area contributed by atoms with Crippen molar-refractivity contribution in [1.82, 2.24) is 10.2 Å². The van der Waals surface area contributed by atoms with Crippen molar-refractivity contribution in [3.63, 3.8) is 0 Å². The molecule has 0 aromatic heterocycles. The van der Waals surface area contributed by atoms with E-state index in [0.29, 0.717) is 0 Å². The molecule has 0 bridgehead atoms. The summed E-state index contributed by atoms with van der Waals surface area (Å²) in [5.74, 6) is 1.73. The molecule has 0 saturated carbocycles. The summed E-state index contributed by atoms with van der Waals surface area (Å²) in [6.07, 6.45) is 2.61. The van der Waals surface area contributed by atoms with Gasteiger partial charge in [-0.1, -0.05) is 37.3 Å². The van der Waals surface area contributed by atoms with Crippen molar-refractivity contribution >= 4 is 5.96 Å². The second kappa shape index (κ2) is 8.03. The molecule has 0 aliphatic carbocycles. The van der Waals surface area contributed by atoms with Crippen LogP contribution in [0.25, 0.3) is 0 Å². The summed E-state index contributed by atoms with van der Waals surface area (Å²) in [7, 11) is 3.61. The molecule has 1 saturated heterocycles. The van der Waals surface area contributed by atoms with Gasteiger partial charge in [0, 0.05) is 33.8 Å². The van der Waals surface area contributed by atoms with E-state index in [4.69, 9.17) is 4.74 Å². The predicted molar refractivity (Wildman–Crippen MR) is 87.5 cm³/mol. The lowest BCUT2D eigenvalue weighted by molar-refractivity contribution is 0.105. The van der Waals surface area contributed by atoms with Crippen molar-refractivity contribution in [2.24, 2.45) is 10.9 Å². The number of guanidine groups is 1. The first-order chi connectivity index (χ1) is 10.2. The van der Waals surface area contributed by atoms with E-state index >= 15 is 0 Å². The van der Waals surface area contributed by atoms with Crippen molar-refractivity contribution in [3.05, 3.63) is 35.9 Å². The van der Waals surface area contributed by atoms with Gasteiger partial charge in [0.2, 0.25) is 0 Å². The molecule has 4 heteroatoms. The minimum Gasteiger partial charge on any atom is -0.375 e. The van der Waals surface area contributed by atoms with Crippen LogP contribution in [0.2, 0.25) is 0 Å². The molecule has 1 heterocycles. The lowest BCUT2D eigenvalue weighted by atomic mass is 10.0. The van der Waals surface area contributed by atoms with Crippen molar-refractivity contribution in [2.45, 2.75) is 25.9 Å². The molecule has 1 fully saturated rings. The number of aliphatic imine (C=N–C) groups is 1. The van der Waals surface area contributed by atoms with Gasteiger partial charge in [0.1, 0.15) is 0 Å². The average molecular weight is 289 g/mol. The van der Waals surface area contributed by atoms with Gasteiger partial charge >= 0.3 is 0 Å². The average Bonchev–Trinajstić information content (AvgIpc) is 2.52. The highest BCUT2D eigenvalue weighted by atomic mass is 16.5. The number of ether oxygens (including phenoxy) is 1. The van der Waals surface area contributed by atoms with Crippen LogP contribution in [-0.4, -0.2) is 44.7 Å². The lowest BCUT2D eigenvalue weighted by Crippen LogP contribution is -2.47. The maximum Gasteiger partial charge on any atom is 0.193 e. The Morgan fingerprint density at radius 3 is 2.81 bits per heavy atom. The Hall–Kier alpha value is -1.55. The van der Waals surface area contributed by atoms with E-state index in [1.165, 1.54) is 18.4 Å². The summed E-state index contributed by atoms with van der Waals surface area (Å²) in [6.45, 7) is 5.22. The third kappa shape index (κ3) is 4.46. The van der Waals surface area contributed by atoms with Crippen LogP contribution in [-0.2, 0) is 4.74 Å². The molecule has 21 heavy (non-hydrogen) atoms. The minimum atomic E-state index is 0.0464. The molecule has 4 nitrogen and oxygen atoms in total. The van der Waals surface area contributed by atoms with Crippen LogP contribution >= 0.6 is 0 Å². The number of hydrogen-bond donors (Lipinski definition) is 1. The van der Waals surface area contributed by atoms with Crippen LogP contribution in [0.15, 0.2) is 35.3 Å². The highest BCUT2D eigenvalue weighted by Gasteiger charge is 2.20. The first-order valence-electron chi connectivity index (χ1n) is 7.78. The van der Waals surface area contributed by atoms with E-state index in [-0.39, 0.29) is 6.10 Å². The largest absolute Gasteiger partial charge is 0.375 e. The molecule has 0 spiro atoms. The number of rotatable bonds is 4. The first-order valence-corrected chi connectivity index (χ1v) is 7.78. The Labute approximate surface area is 128 Å². The molecular weight excluding hydrogens is 262 g/mol. The van der Waals surface area contributed by atoms with Crippen molar-refractivity contribution in [3.8, 4) is 0 Å². The molecule has 1 aliphatic heterocycles. The van der Waals surface area contributed by atoms with Gasteiger partial charge in [0.05, 0.1) is 6.10 Å². The van der Waals surface area contributed by atoms with Crippen LogP contribution in [0.5, 0.6) is 0 Å². The summed E-state index contributed by atoms with van der Waals surface area (Å²) < 4.78 is 5.60. The highest BCUT2D eigenvalue weighted by molar-refractivity contribution is 5.80. The van der Waals surface area contributed by atoms with Crippen LogP contribution in [0.3, 0.4) is 0 Å². The Kier molecular flexibility index (Phi) is 6.05. The molecule has 1 aromatic carbocycles. The van der Waals surface area contributed by atoms with Crippen LogP contribution in [0.4, 0.5) is 0 Å².